The van der Waals surface area contributed by atoms with E-state index in [0.717, 1.165) is 0 Å². The first kappa shape index (κ1) is 9.53. The van der Waals surface area contributed by atoms with E-state index in [9.17, 15) is 19.2 Å². The van der Waals surface area contributed by atoms with E-state index in [1.165, 1.54) is 12.2 Å². The van der Waals surface area contributed by atoms with Gasteiger partial charge >= 0.3 is 0 Å². The SMILES string of the molecule is O=C1C=C([SiH2]C2=CC(=O)NC2=O)C(=O)N1. The Morgan fingerprint density at radius 2 is 1.20 bits per heavy atom. The van der Waals surface area contributed by atoms with E-state index in [1.54, 1.807) is 0 Å². The third kappa shape index (κ3) is 1.77. The molecule has 0 saturated heterocycles. The van der Waals surface area contributed by atoms with Crippen molar-refractivity contribution in [3.8, 4) is 0 Å². The van der Waals surface area contributed by atoms with Crippen LogP contribution in [0.5, 0.6) is 0 Å². The minimum absolute atomic E-state index is 0.330. The molecule has 0 saturated carbocycles. The molecule has 0 aromatic carbocycles. The molecule has 2 N–H and O–H groups in total. The van der Waals surface area contributed by atoms with Crippen LogP contribution >= 0.6 is 0 Å². The standard InChI is InChI=1S/C8H6N2O4Si/c11-5-1-3(7(13)9-5)15-4-2-6(12)10-8(4)14/h1-2H,15H2,(H,9,11,13)(H,10,12,14). The van der Waals surface area contributed by atoms with Gasteiger partial charge in [0.1, 0.15) is 9.52 Å². The Balaban J connectivity index is 2.17. The number of nitrogens with one attached hydrogen (secondary N) is 2. The molecule has 0 bridgehead atoms. The van der Waals surface area contributed by atoms with Crippen LogP contribution in [0.15, 0.2) is 22.5 Å². The highest BCUT2D eigenvalue weighted by Crippen LogP contribution is 2.08. The molecule has 2 aliphatic rings. The Morgan fingerprint density at radius 3 is 1.47 bits per heavy atom. The quantitative estimate of drug-likeness (QED) is 0.391. The first-order valence-electron chi connectivity index (χ1n) is 4.18. The fourth-order valence-electron chi connectivity index (χ4n) is 1.37. The van der Waals surface area contributed by atoms with Gasteiger partial charge in [-0.15, -0.1) is 0 Å². The third-order valence-electron chi connectivity index (χ3n) is 2.05. The first-order valence-corrected chi connectivity index (χ1v) is 5.59. The molecule has 2 aliphatic heterocycles. The van der Waals surface area contributed by atoms with Crippen molar-refractivity contribution in [1.29, 1.82) is 0 Å². The van der Waals surface area contributed by atoms with Crippen LogP contribution in [0.3, 0.4) is 0 Å². The maximum absolute atomic E-state index is 11.2. The van der Waals surface area contributed by atoms with Gasteiger partial charge in [-0.1, -0.05) is 0 Å². The van der Waals surface area contributed by atoms with Crippen LogP contribution in [-0.4, -0.2) is 33.1 Å². The summed E-state index contributed by atoms with van der Waals surface area (Å²) in [5.74, 6) is -1.85. The van der Waals surface area contributed by atoms with Crippen molar-refractivity contribution in [3.63, 3.8) is 0 Å². The normalized spacial score (nSPS) is 20.0. The smallest absolute Gasteiger partial charge is 0.250 e. The van der Waals surface area contributed by atoms with Crippen molar-refractivity contribution in [1.82, 2.24) is 10.6 Å². The fourth-order valence-corrected chi connectivity index (χ4v) is 2.86. The van der Waals surface area contributed by atoms with E-state index < -0.39 is 33.1 Å². The van der Waals surface area contributed by atoms with Crippen molar-refractivity contribution in [2.45, 2.75) is 0 Å². The van der Waals surface area contributed by atoms with E-state index in [1.807, 2.05) is 0 Å². The van der Waals surface area contributed by atoms with Crippen molar-refractivity contribution in [2.24, 2.45) is 0 Å². The second kappa shape index (κ2) is 3.28. The highest BCUT2D eigenvalue weighted by molar-refractivity contribution is 6.69. The van der Waals surface area contributed by atoms with Crippen molar-refractivity contribution < 1.29 is 19.2 Å². The van der Waals surface area contributed by atoms with Gasteiger partial charge in [-0.3, -0.25) is 29.8 Å². The average Bonchev–Trinajstić information content (AvgIpc) is 2.58. The molecule has 0 fully saturated rings. The van der Waals surface area contributed by atoms with Crippen LogP contribution in [0, 0.1) is 0 Å². The van der Waals surface area contributed by atoms with Crippen LogP contribution in [0.25, 0.3) is 0 Å². The zero-order valence-electron chi connectivity index (χ0n) is 7.49. The molecule has 0 aliphatic carbocycles. The van der Waals surface area contributed by atoms with E-state index in [2.05, 4.69) is 10.6 Å². The van der Waals surface area contributed by atoms with Crippen molar-refractivity contribution in [2.75, 3.05) is 0 Å². The summed E-state index contributed by atoms with van der Waals surface area (Å²) >= 11 is 0. The molecule has 2 rings (SSSR count). The lowest BCUT2D eigenvalue weighted by atomic mass is 10.5. The highest BCUT2D eigenvalue weighted by Gasteiger charge is 2.27. The molecule has 0 aromatic heterocycles. The van der Waals surface area contributed by atoms with Gasteiger partial charge in [0, 0.05) is 22.5 Å². The molecule has 0 aromatic rings. The molecule has 0 spiro atoms. The summed E-state index contributed by atoms with van der Waals surface area (Å²) in [6.45, 7) is 0. The number of hydrogen-bond acceptors (Lipinski definition) is 4. The fraction of sp³-hybridized carbons (Fsp3) is 0. The van der Waals surface area contributed by atoms with Gasteiger partial charge in [0.05, 0.1) is 0 Å². The monoisotopic (exact) mass is 222 g/mol. The molecule has 0 unspecified atom stereocenters. The summed E-state index contributed by atoms with van der Waals surface area (Å²) in [4.78, 5) is 43.9. The van der Waals surface area contributed by atoms with Crippen LogP contribution in [-0.2, 0) is 19.2 Å². The number of carbonyl (C=O) groups is 4. The second-order valence-corrected chi connectivity index (χ2v) is 5.03. The maximum atomic E-state index is 11.2. The Hall–Kier alpha value is -2.02. The molecule has 15 heavy (non-hydrogen) atoms. The Bertz CT molecular complexity index is 421. The summed E-state index contributed by atoms with van der Waals surface area (Å²) in [6.07, 6.45) is 2.37. The molecule has 2 heterocycles. The summed E-state index contributed by atoms with van der Waals surface area (Å²) in [6, 6.07) is 0. The highest BCUT2D eigenvalue weighted by atomic mass is 28.2. The first-order chi connectivity index (χ1) is 7.06. The largest absolute Gasteiger partial charge is 0.289 e. The molecular formula is C8H6N2O4Si. The van der Waals surface area contributed by atoms with Crippen LogP contribution in [0.4, 0.5) is 0 Å². The Morgan fingerprint density at radius 1 is 0.800 bits per heavy atom. The van der Waals surface area contributed by atoms with Gasteiger partial charge in [-0.25, -0.2) is 0 Å². The van der Waals surface area contributed by atoms with Gasteiger partial charge in [0.25, 0.3) is 11.8 Å². The Labute approximate surface area is 86.2 Å². The summed E-state index contributed by atoms with van der Waals surface area (Å²) in [5, 5.41) is 4.83. The zero-order chi connectivity index (χ0) is 11.0. The predicted octanol–water partition coefficient (Wildman–Crippen LogP) is -2.76. The third-order valence-corrected chi connectivity index (χ3v) is 3.86. The average molecular weight is 222 g/mol. The number of amides is 4. The van der Waals surface area contributed by atoms with Gasteiger partial charge < -0.3 is 0 Å². The minimum atomic E-state index is -1.34. The molecule has 0 radical (unpaired) electrons. The van der Waals surface area contributed by atoms with E-state index in [0.29, 0.717) is 10.4 Å². The summed E-state index contributed by atoms with van der Waals surface area (Å²) in [7, 11) is -1.34. The molecular weight excluding hydrogens is 216 g/mol. The van der Waals surface area contributed by atoms with Gasteiger partial charge in [0.15, 0.2) is 0 Å². The molecule has 0 atom stereocenters. The lowest BCUT2D eigenvalue weighted by Crippen LogP contribution is -2.27. The zero-order valence-corrected chi connectivity index (χ0v) is 8.91. The lowest BCUT2D eigenvalue weighted by molar-refractivity contribution is -0.125. The van der Waals surface area contributed by atoms with Crippen LogP contribution in [0.2, 0.25) is 0 Å². The predicted molar refractivity (Wildman–Crippen MR) is 51.0 cm³/mol. The summed E-state index contributed by atoms with van der Waals surface area (Å²) in [5.41, 5.74) is 0. The van der Waals surface area contributed by atoms with Gasteiger partial charge in [-0.05, 0) is 0 Å². The lowest BCUT2D eigenvalue weighted by Gasteiger charge is -1.97. The number of rotatable bonds is 2. The van der Waals surface area contributed by atoms with Crippen molar-refractivity contribution >= 4 is 33.1 Å². The van der Waals surface area contributed by atoms with Crippen LogP contribution < -0.4 is 10.6 Å². The number of carbonyl (C=O) groups excluding carboxylic acids is 4. The van der Waals surface area contributed by atoms with Gasteiger partial charge in [0.2, 0.25) is 11.8 Å². The van der Waals surface area contributed by atoms with Crippen LogP contribution in [0.1, 0.15) is 0 Å². The topological polar surface area (TPSA) is 92.3 Å². The molecule has 6 nitrogen and oxygen atoms in total. The second-order valence-electron chi connectivity index (χ2n) is 3.15. The number of imide groups is 2. The Kier molecular flexibility index (Phi) is 2.08. The van der Waals surface area contributed by atoms with E-state index in [-0.39, 0.29) is 0 Å². The maximum Gasteiger partial charge on any atom is 0.250 e. The summed E-state index contributed by atoms with van der Waals surface area (Å²) < 4.78 is 0. The number of hydrogen-bond donors (Lipinski definition) is 2. The molecule has 7 heteroatoms. The molecule has 76 valence electrons. The minimum Gasteiger partial charge on any atom is -0.289 e. The molecule has 4 amide bonds. The van der Waals surface area contributed by atoms with Gasteiger partial charge in [-0.2, -0.15) is 0 Å². The van der Waals surface area contributed by atoms with E-state index in [4.69, 9.17) is 0 Å². The van der Waals surface area contributed by atoms with Crippen molar-refractivity contribution in [3.05, 3.63) is 22.5 Å². The van der Waals surface area contributed by atoms with E-state index >= 15 is 0 Å².